The molecule has 0 rings (SSSR count). The fourth-order valence-electron chi connectivity index (χ4n) is 1.24. The van der Waals surface area contributed by atoms with E-state index < -0.39 is 5.97 Å². The van der Waals surface area contributed by atoms with Gasteiger partial charge in [0, 0.05) is 11.7 Å². The van der Waals surface area contributed by atoms with Crippen molar-refractivity contribution in [3.63, 3.8) is 0 Å². The lowest BCUT2D eigenvalue weighted by atomic mass is 10.1. The Morgan fingerprint density at radius 2 is 2.00 bits per heavy atom. The molecule has 13 heavy (non-hydrogen) atoms. The highest BCUT2D eigenvalue weighted by Gasteiger charge is 2.05. The Hall–Kier alpha value is -0.180. The standard InChI is InChI=1S/C10H20O2S/c1-2-3-4-5-6-9(13)7-8-10(11)12/h9,13H,2-8H2,1H3,(H,11,12). The number of thiol groups is 1. The van der Waals surface area contributed by atoms with Gasteiger partial charge in [-0.15, -0.1) is 0 Å². The van der Waals surface area contributed by atoms with Gasteiger partial charge in [-0.25, -0.2) is 0 Å². The summed E-state index contributed by atoms with van der Waals surface area (Å²) in [6.45, 7) is 2.18. The van der Waals surface area contributed by atoms with Gasteiger partial charge < -0.3 is 5.11 Å². The zero-order chi connectivity index (χ0) is 10.1. The van der Waals surface area contributed by atoms with Gasteiger partial charge in [-0.3, -0.25) is 4.79 Å². The van der Waals surface area contributed by atoms with Gasteiger partial charge in [0.05, 0.1) is 0 Å². The average Bonchev–Trinajstić information content (AvgIpc) is 2.09. The maximum Gasteiger partial charge on any atom is 0.303 e. The Labute approximate surface area is 86.1 Å². The van der Waals surface area contributed by atoms with Crippen LogP contribution in [0, 0.1) is 0 Å². The molecule has 0 radical (unpaired) electrons. The molecule has 0 heterocycles. The summed E-state index contributed by atoms with van der Waals surface area (Å²) in [7, 11) is 0. The lowest BCUT2D eigenvalue weighted by Crippen LogP contribution is -2.03. The van der Waals surface area contributed by atoms with Crippen LogP contribution in [0.2, 0.25) is 0 Å². The SMILES string of the molecule is CCCCCCC(S)CCC(=O)O. The third-order valence-electron chi connectivity index (χ3n) is 2.08. The van der Waals surface area contributed by atoms with Gasteiger partial charge in [0.25, 0.3) is 0 Å². The van der Waals surface area contributed by atoms with Crippen molar-refractivity contribution in [1.82, 2.24) is 0 Å². The molecule has 0 amide bonds. The normalized spacial score (nSPS) is 12.8. The Morgan fingerprint density at radius 3 is 2.54 bits per heavy atom. The van der Waals surface area contributed by atoms with Crippen molar-refractivity contribution < 1.29 is 9.90 Å². The number of hydrogen-bond acceptors (Lipinski definition) is 2. The van der Waals surface area contributed by atoms with E-state index in [9.17, 15) is 4.79 Å². The van der Waals surface area contributed by atoms with Crippen LogP contribution in [0.5, 0.6) is 0 Å². The Morgan fingerprint density at radius 1 is 1.31 bits per heavy atom. The summed E-state index contributed by atoms with van der Waals surface area (Å²) >= 11 is 4.34. The van der Waals surface area contributed by atoms with E-state index in [1.807, 2.05) is 0 Å². The molecule has 0 aromatic rings. The van der Waals surface area contributed by atoms with Crippen molar-refractivity contribution in [2.24, 2.45) is 0 Å². The number of carboxylic acids is 1. The van der Waals surface area contributed by atoms with Gasteiger partial charge in [-0.05, 0) is 12.8 Å². The largest absolute Gasteiger partial charge is 0.481 e. The Bertz CT molecular complexity index is 137. The summed E-state index contributed by atoms with van der Waals surface area (Å²) in [6, 6.07) is 0. The second kappa shape index (κ2) is 8.42. The topological polar surface area (TPSA) is 37.3 Å². The zero-order valence-corrected chi connectivity index (χ0v) is 9.22. The molecule has 1 N–H and O–H groups in total. The lowest BCUT2D eigenvalue weighted by molar-refractivity contribution is -0.137. The number of carbonyl (C=O) groups is 1. The molecule has 1 unspecified atom stereocenters. The van der Waals surface area contributed by atoms with Gasteiger partial charge in [0.1, 0.15) is 0 Å². The first-order valence-corrected chi connectivity index (χ1v) is 5.58. The zero-order valence-electron chi connectivity index (χ0n) is 8.33. The molecule has 0 aromatic carbocycles. The first-order chi connectivity index (χ1) is 6.16. The van der Waals surface area contributed by atoms with Crippen molar-refractivity contribution in [3.05, 3.63) is 0 Å². The van der Waals surface area contributed by atoms with Gasteiger partial charge >= 0.3 is 5.97 Å². The van der Waals surface area contributed by atoms with Gasteiger partial charge in [-0.2, -0.15) is 12.6 Å². The predicted octanol–water partition coefficient (Wildman–Crippen LogP) is 3.12. The lowest BCUT2D eigenvalue weighted by Gasteiger charge is -2.07. The number of hydrogen-bond donors (Lipinski definition) is 2. The number of rotatable bonds is 8. The van der Waals surface area contributed by atoms with Crippen LogP contribution in [0.25, 0.3) is 0 Å². The number of aliphatic carboxylic acids is 1. The van der Waals surface area contributed by atoms with Gasteiger partial charge in [0.15, 0.2) is 0 Å². The minimum absolute atomic E-state index is 0.252. The summed E-state index contributed by atoms with van der Waals surface area (Å²) in [5.74, 6) is -0.715. The highest BCUT2D eigenvalue weighted by molar-refractivity contribution is 7.80. The molecule has 78 valence electrons. The molecule has 2 nitrogen and oxygen atoms in total. The van der Waals surface area contributed by atoms with E-state index in [0.717, 1.165) is 6.42 Å². The van der Waals surface area contributed by atoms with E-state index in [0.29, 0.717) is 6.42 Å². The summed E-state index contributed by atoms with van der Waals surface area (Å²) in [5.41, 5.74) is 0. The predicted molar refractivity (Wildman–Crippen MR) is 58.4 cm³/mol. The van der Waals surface area contributed by atoms with Gasteiger partial charge in [-0.1, -0.05) is 32.6 Å². The van der Waals surface area contributed by atoms with E-state index in [2.05, 4.69) is 19.6 Å². The molecule has 0 bridgehead atoms. The van der Waals surface area contributed by atoms with Crippen LogP contribution < -0.4 is 0 Å². The molecule has 1 atom stereocenters. The molecular weight excluding hydrogens is 184 g/mol. The molecule has 0 saturated heterocycles. The first-order valence-electron chi connectivity index (χ1n) is 5.06. The molecule has 3 heteroatoms. The number of carboxylic acid groups (broad SMARTS) is 1. The second-order valence-electron chi connectivity index (χ2n) is 3.44. The van der Waals surface area contributed by atoms with E-state index in [-0.39, 0.29) is 11.7 Å². The Kier molecular flexibility index (Phi) is 8.30. The Balaban J connectivity index is 3.19. The average molecular weight is 204 g/mol. The monoisotopic (exact) mass is 204 g/mol. The molecule has 0 aliphatic carbocycles. The first kappa shape index (κ1) is 12.8. The highest BCUT2D eigenvalue weighted by atomic mass is 32.1. The summed E-state index contributed by atoms with van der Waals surface area (Å²) in [5, 5.41) is 8.71. The fraction of sp³-hybridized carbons (Fsp3) is 0.900. The minimum atomic E-state index is -0.715. The summed E-state index contributed by atoms with van der Waals surface area (Å²) in [6.07, 6.45) is 6.96. The quantitative estimate of drug-likeness (QED) is 0.471. The van der Waals surface area contributed by atoms with Crippen molar-refractivity contribution in [2.75, 3.05) is 0 Å². The van der Waals surface area contributed by atoms with Crippen molar-refractivity contribution in [2.45, 2.75) is 57.1 Å². The molecule has 0 fully saturated rings. The van der Waals surface area contributed by atoms with Crippen LogP contribution in [0.1, 0.15) is 51.9 Å². The van der Waals surface area contributed by atoms with Crippen molar-refractivity contribution in [3.8, 4) is 0 Å². The molecule has 0 spiro atoms. The molecule has 0 aliphatic rings. The van der Waals surface area contributed by atoms with Crippen LogP contribution >= 0.6 is 12.6 Å². The van der Waals surface area contributed by atoms with E-state index in [4.69, 9.17) is 5.11 Å². The van der Waals surface area contributed by atoms with Crippen molar-refractivity contribution in [1.29, 1.82) is 0 Å². The van der Waals surface area contributed by atoms with Crippen molar-refractivity contribution >= 4 is 18.6 Å². The summed E-state index contributed by atoms with van der Waals surface area (Å²) in [4.78, 5) is 10.2. The minimum Gasteiger partial charge on any atom is -0.481 e. The van der Waals surface area contributed by atoms with E-state index in [1.54, 1.807) is 0 Å². The third-order valence-corrected chi connectivity index (χ3v) is 2.60. The second-order valence-corrected chi connectivity index (χ2v) is 4.17. The third kappa shape index (κ3) is 9.74. The van der Waals surface area contributed by atoms with Crippen LogP contribution in [0.4, 0.5) is 0 Å². The molecule has 0 aliphatic heterocycles. The van der Waals surface area contributed by atoms with E-state index >= 15 is 0 Å². The van der Waals surface area contributed by atoms with Gasteiger partial charge in [0.2, 0.25) is 0 Å². The molecular formula is C10H20O2S. The molecule has 0 saturated carbocycles. The maximum absolute atomic E-state index is 10.2. The maximum atomic E-state index is 10.2. The van der Waals surface area contributed by atoms with Crippen LogP contribution in [-0.4, -0.2) is 16.3 Å². The van der Waals surface area contributed by atoms with Crippen LogP contribution in [0.15, 0.2) is 0 Å². The van der Waals surface area contributed by atoms with Crippen LogP contribution in [0.3, 0.4) is 0 Å². The van der Waals surface area contributed by atoms with Crippen LogP contribution in [-0.2, 0) is 4.79 Å². The number of unbranched alkanes of at least 4 members (excludes halogenated alkanes) is 3. The molecule has 0 aromatic heterocycles. The fourth-order valence-corrected chi connectivity index (χ4v) is 1.55. The smallest absolute Gasteiger partial charge is 0.303 e. The summed E-state index contributed by atoms with van der Waals surface area (Å²) < 4.78 is 0. The van der Waals surface area contributed by atoms with E-state index in [1.165, 1.54) is 25.7 Å². The highest BCUT2D eigenvalue weighted by Crippen LogP contribution is 2.14.